The Morgan fingerprint density at radius 3 is 2.80 bits per heavy atom. The highest BCUT2D eigenvalue weighted by atomic mass is 16.5. The first kappa shape index (κ1) is 13.2. The molecule has 2 unspecified atom stereocenters. The van der Waals surface area contributed by atoms with Gasteiger partial charge in [0.25, 0.3) is 0 Å². The zero-order valence-corrected chi connectivity index (χ0v) is 12.4. The summed E-state index contributed by atoms with van der Waals surface area (Å²) in [5.41, 5.74) is 5.39. The summed E-state index contributed by atoms with van der Waals surface area (Å²) in [6.07, 6.45) is 1.20. The second-order valence-electron chi connectivity index (χ2n) is 5.64. The molecular weight excluding hydrogens is 246 g/mol. The summed E-state index contributed by atoms with van der Waals surface area (Å²) in [4.78, 5) is 4.63. The van der Waals surface area contributed by atoms with Gasteiger partial charge in [-0.25, -0.2) is 4.98 Å². The van der Waals surface area contributed by atoms with E-state index < -0.39 is 0 Å². The molecule has 0 saturated heterocycles. The lowest BCUT2D eigenvalue weighted by Gasteiger charge is -2.08. The van der Waals surface area contributed by atoms with Crippen molar-refractivity contribution in [3.05, 3.63) is 58.8 Å². The van der Waals surface area contributed by atoms with Gasteiger partial charge < -0.3 is 4.74 Å². The number of hydrogen-bond acceptors (Lipinski definition) is 2. The van der Waals surface area contributed by atoms with Crippen molar-refractivity contribution in [2.75, 3.05) is 6.61 Å². The van der Waals surface area contributed by atoms with Gasteiger partial charge in [0.2, 0.25) is 5.88 Å². The molecule has 0 bridgehead atoms. The van der Waals surface area contributed by atoms with E-state index in [-0.39, 0.29) is 0 Å². The molecule has 0 amide bonds. The molecule has 104 valence electrons. The molecule has 20 heavy (non-hydrogen) atoms. The summed E-state index contributed by atoms with van der Waals surface area (Å²) in [6.45, 7) is 7.02. The molecular formula is C18H21NO. The smallest absolute Gasteiger partial charge is 0.213 e. The summed E-state index contributed by atoms with van der Waals surface area (Å²) < 4.78 is 5.50. The van der Waals surface area contributed by atoms with Crippen molar-refractivity contribution < 1.29 is 4.74 Å². The van der Waals surface area contributed by atoms with Crippen molar-refractivity contribution in [3.63, 3.8) is 0 Å². The van der Waals surface area contributed by atoms with Crippen molar-refractivity contribution in [2.45, 2.75) is 39.0 Å². The number of aryl methyl sites for hydroxylation is 2. The van der Waals surface area contributed by atoms with E-state index in [0.717, 1.165) is 5.88 Å². The Balaban J connectivity index is 1.81. The predicted octanol–water partition coefficient (Wildman–Crippen LogP) is 4.37. The van der Waals surface area contributed by atoms with Gasteiger partial charge in [-0.2, -0.15) is 0 Å². The second kappa shape index (κ2) is 5.28. The molecule has 0 aliphatic heterocycles. The van der Waals surface area contributed by atoms with Crippen molar-refractivity contribution in [1.82, 2.24) is 4.98 Å². The van der Waals surface area contributed by atoms with Crippen LogP contribution < -0.4 is 4.74 Å². The van der Waals surface area contributed by atoms with Gasteiger partial charge in [-0.1, -0.05) is 29.8 Å². The van der Waals surface area contributed by atoms with E-state index in [0.29, 0.717) is 18.4 Å². The molecule has 2 atom stereocenters. The zero-order valence-electron chi connectivity index (χ0n) is 12.4. The third kappa shape index (κ3) is 2.55. The first-order valence-corrected chi connectivity index (χ1v) is 7.36. The average molecular weight is 267 g/mol. The molecule has 1 fully saturated rings. The van der Waals surface area contributed by atoms with E-state index in [1.807, 2.05) is 19.1 Å². The summed E-state index contributed by atoms with van der Waals surface area (Å²) in [6, 6.07) is 12.8. The van der Waals surface area contributed by atoms with Crippen LogP contribution in [0.15, 0.2) is 36.4 Å². The van der Waals surface area contributed by atoms with Crippen molar-refractivity contribution in [2.24, 2.45) is 0 Å². The second-order valence-corrected chi connectivity index (χ2v) is 5.64. The standard InChI is InChI=1S/C18H21NO/c1-4-20-18-7-5-6-17(19-18)16-11-15(16)14-10-12(2)8-9-13(14)3/h5-10,15-16H,4,11H2,1-3H3. The maximum Gasteiger partial charge on any atom is 0.213 e. The van der Waals surface area contributed by atoms with Crippen LogP contribution in [-0.4, -0.2) is 11.6 Å². The largest absolute Gasteiger partial charge is 0.478 e. The molecule has 2 nitrogen and oxygen atoms in total. The van der Waals surface area contributed by atoms with Gasteiger partial charge in [0.15, 0.2) is 0 Å². The minimum absolute atomic E-state index is 0.552. The molecule has 1 saturated carbocycles. The van der Waals surface area contributed by atoms with Crippen LogP contribution in [-0.2, 0) is 0 Å². The van der Waals surface area contributed by atoms with Crippen LogP contribution in [0.1, 0.15) is 47.6 Å². The predicted molar refractivity (Wildman–Crippen MR) is 81.4 cm³/mol. The molecule has 2 heteroatoms. The van der Waals surface area contributed by atoms with Crippen LogP contribution in [0.3, 0.4) is 0 Å². The molecule has 1 heterocycles. The van der Waals surface area contributed by atoms with E-state index in [4.69, 9.17) is 4.74 Å². The van der Waals surface area contributed by atoms with E-state index in [1.165, 1.54) is 28.8 Å². The minimum Gasteiger partial charge on any atom is -0.478 e. The fourth-order valence-electron chi connectivity index (χ4n) is 2.89. The molecule has 0 radical (unpaired) electrons. The molecule has 3 rings (SSSR count). The number of pyridine rings is 1. The quantitative estimate of drug-likeness (QED) is 0.820. The Bertz CT molecular complexity index is 621. The molecule has 1 aromatic carbocycles. The fraction of sp³-hybridized carbons (Fsp3) is 0.389. The third-order valence-electron chi connectivity index (χ3n) is 4.04. The molecule has 0 N–H and O–H groups in total. The van der Waals surface area contributed by atoms with E-state index >= 15 is 0 Å². The number of aromatic nitrogens is 1. The number of ether oxygens (including phenoxy) is 1. The lowest BCUT2D eigenvalue weighted by Crippen LogP contribution is -1.97. The van der Waals surface area contributed by atoms with Gasteiger partial charge in [-0.15, -0.1) is 0 Å². The van der Waals surface area contributed by atoms with Crippen molar-refractivity contribution in [3.8, 4) is 5.88 Å². The maximum atomic E-state index is 5.50. The van der Waals surface area contributed by atoms with E-state index in [1.54, 1.807) is 0 Å². The third-order valence-corrected chi connectivity index (χ3v) is 4.04. The highest BCUT2D eigenvalue weighted by molar-refractivity contribution is 5.41. The number of nitrogens with zero attached hydrogens (tertiary/aromatic N) is 1. The van der Waals surface area contributed by atoms with Crippen LogP contribution in [0.25, 0.3) is 0 Å². The highest BCUT2D eigenvalue weighted by Crippen LogP contribution is 2.55. The summed E-state index contributed by atoms with van der Waals surface area (Å²) in [5, 5.41) is 0. The Morgan fingerprint density at radius 1 is 1.15 bits per heavy atom. The van der Waals surface area contributed by atoms with Gasteiger partial charge in [0.05, 0.1) is 6.61 Å². The summed E-state index contributed by atoms with van der Waals surface area (Å²) in [7, 11) is 0. The Labute approximate surface area is 120 Å². The van der Waals surface area contributed by atoms with Gasteiger partial charge in [-0.3, -0.25) is 0 Å². The average Bonchev–Trinajstić information content (AvgIpc) is 3.22. The number of hydrogen-bond donors (Lipinski definition) is 0. The highest BCUT2D eigenvalue weighted by Gasteiger charge is 2.41. The lowest BCUT2D eigenvalue weighted by molar-refractivity contribution is 0.326. The summed E-state index contributed by atoms with van der Waals surface area (Å²) >= 11 is 0. The van der Waals surface area contributed by atoms with Crippen LogP contribution in [0.2, 0.25) is 0 Å². The SMILES string of the molecule is CCOc1cccc(C2CC2c2cc(C)ccc2C)n1. The number of rotatable bonds is 4. The first-order valence-electron chi connectivity index (χ1n) is 7.36. The van der Waals surface area contributed by atoms with Gasteiger partial charge in [0, 0.05) is 17.7 Å². The van der Waals surface area contributed by atoms with E-state index in [2.05, 4.69) is 43.1 Å². The topological polar surface area (TPSA) is 22.1 Å². The van der Waals surface area contributed by atoms with Crippen molar-refractivity contribution in [1.29, 1.82) is 0 Å². The van der Waals surface area contributed by atoms with Crippen LogP contribution in [0.5, 0.6) is 5.88 Å². The van der Waals surface area contributed by atoms with Crippen LogP contribution >= 0.6 is 0 Å². The monoisotopic (exact) mass is 267 g/mol. The van der Waals surface area contributed by atoms with Crippen LogP contribution in [0.4, 0.5) is 0 Å². The van der Waals surface area contributed by atoms with E-state index in [9.17, 15) is 0 Å². The Morgan fingerprint density at radius 2 is 2.00 bits per heavy atom. The lowest BCUT2D eigenvalue weighted by atomic mass is 10.00. The maximum absolute atomic E-state index is 5.50. The van der Waals surface area contributed by atoms with Gasteiger partial charge >= 0.3 is 0 Å². The fourth-order valence-corrected chi connectivity index (χ4v) is 2.89. The normalized spacial score (nSPS) is 20.8. The molecule has 1 aliphatic carbocycles. The Hall–Kier alpha value is -1.83. The molecule has 0 spiro atoms. The molecule has 2 aromatic rings. The van der Waals surface area contributed by atoms with Gasteiger partial charge in [-0.05, 0) is 50.3 Å². The number of benzene rings is 1. The molecule has 1 aliphatic rings. The minimum atomic E-state index is 0.552. The Kier molecular flexibility index (Phi) is 3.47. The molecule has 1 aromatic heterocycles. The van der Waals surface area contributed by atoms with Crippen molar-refractivity contribution >= 4 is 0 Å². The summed E-state index contributed by atoms with van der Waals surface area (Å²) in [5.74, 6) is 1.92. The van der Waals surface area contributed by atoms with Gasteiger partial charge in [0.1, 0.15) is 0 Å². The van der Waals surface area contributed by atoms with Crippen LogP contribution in [0, 0.1) is 13.8 Å². The zero-order chi connectivity index (χ0) is 14.1. The first-order chi connectivity index (χ1) is 9.69.